The van der Waals surface area contributed by atoms with Gasteiger partial charge in [0.15, 0.2) is 0 Å². The first-order valence-electron chi connectivity index (χ1n) is 24.8. The van der Waals surface area contributed by atoms with E-state index in [-0.39, 0.29) is 21.7 Å². The van der Waals surface area contributed by atoms with Gasteiger partial charge in [-0.25, -0.2) is 0 Å². The number of hydrogen-bond donors (Lipinski definition) is 0. The quantitative estimate of drug-likeness (QED) is 0.140. The van der Waals surface area contributed by atoms with E-state index in [1.54, 1.807) is 0 Å². The summed E-state index contributed by atoms with van der Waals surface area (Å²) in [6, 6.07) is 70.9. The highest BCUT2D eigenvalue weighted by Gasteiger charge is 2.25. The zero-order valence-electron chi connectivity index (χ0n) is 43.3. The summed E-state index contributed by atoms with van der Waals surface area (Å²) in [7, 11) is 0. The fraction of sp³-hybridized carbons (Fsp3) is 0.254. The lowest BCUT2D eigenvalue weighted by Crippen LogP contribution is -2.15. The van der Waals surface area contributed by atoms with Crippen LogP contribution in [0.3, 0.4) is 0 Å². The number of hydrogen-bond acceptors (Lipinski definition) is 2. The number of benzene rings is 9. The van der Waals surface area contributed by atoms with Crippen LogP contribution in [0.2, 0.25) is 0 Å². The summed E-state index contributed by atoms with van der Waals surface area (Å²) >= 11 is 0. The van der Waals surface area contributed by atoms with Crippen molar-refractivity contribution in [3.8, 4) is 22.3 Å². The van der Waals surface area contributed by atoms with Crippen LogP contribution in [0, 0.1) is 6.92 Å². The highest BCUT2D eigenvalue weighted by Crippen LogP contribution is 2.49. The topological polar surface area (TPSA) is 6.48 Å². The van der Waals surface area contributed by atoms with Crippen molar-refractivity contribution in [2.75, 3.05) is 9.80 Å². The van der Waals surface area contributed by atoms with Crippen LogP contribution < -0.4 is 9.80 Å². The van der Waals surface area contributed by atoms with Crippen LogP contribution in [0.15, 0.2) is 188 Å². The first-order valence-corrected chi connectivity index (χ1v) is 24.8. The first kappa shape index (κ1) is 47.2. The van der Waals surface area contributed by atoms with Gasteiger partial charge < -0.3 is 9.80 Å². The third-order valence-electron chi connectivity index (χ3n) is 14.0. The number of rotatable bonds is 8. The van der Waals surface area contributed by atoms with Gasteiger partial charge in [0.2, 0.25) is 0 Å². The van der Waals surface area contributed by atoms with Crippen molar-refractivity contribution in [3.05, 3.63) is 216 Å². The van der Waals surface area contributed by atoms with Gasteiger partial charge in [-0.05, 0) is 167 Å². The summed E-state index contributed by atoms with van der Waals surface area (Å²) in [5, 5.41) is 4.85. The van der Waals surface area contributed by atoms with E-state index in [1.165, 1.54) is 77.3 Å². The molecular formula is C67H70N2. The molecule has 0 aliphatic rings. The normalized spacial score (nSPS) is 12.4. The summed E-state index contributed by atoms with van der Waals surface area (Å²) in [5.41, 5.74) is 18.3. The van der Waals surface area contributed by atoms with Gasteiger partial charge in [-0.15, -0.1) is 0 Å². The fourth-order valence-corrected chi connectivity index (χ4v) is 9.89. The second kappa shape index (κ2) is 17.9. The highest BCUT2D eigenvalue weighted by molar-refractivity contribution is 6.22. The molecule has 0 atom stereocenters. The van der Waals surface area contributed by atoms with Gasteiger partial charge in [0.05, 0.1) is 0 Å². The lowest BCUT2D eigenvalue weighted by Gasteiger charge is -2.30. The third kappa shape index (κ3) is 9.47. The molecule has 69 heavy (non-hydrogen) atoms. The zero-order chi connectivity index (χ0) is 49.0. The summed E-state index contributed by atoms with van der Waals surface area (Å²) in [5.74, 6) is 0. The Morgan fingerprint density at radius 2 is 0.594 bits per heavy atom. The van der Waals surface area contributed by atoms with Crippen LogP contribution in [0.4, 0.5) is 34.1 Å². The van der Waals surface area contributed by atoms with Crippen molar-refractivity contribution in [2.24, 2.45) is 0 Å². The zero-order valence-corrected chi connectivity index (χ0v) is 43.3. The van der Waals surface area contributed by atoms with E-state index < -0.39 is 0 Å². The second-order valence-electron chi connectivity index (χ2n) is 23.3. The Bertz CT molecular complexity index is 3200. The summed E-state index contributed by atoms with van der Waals surface area (Å²) in [6.07, 6.45) is 0. The predicted octanol–water partition coefficient (Wildman–Crippen LogP) is 19.8. The average molecular weight is 903 g/mol. The van der Waals surface area contributed by atoms with Crippen LogP contribution in [0.25, 0.3) is 43.8 Å². The standard InChI is InChI=1S/C67H70N2/c1-45-42-51(67(11,12)13)30-41-61(45)69(54-35-28-50(29-36-54)66(8,9)10)56-38-40-58-60(44-56)63(47-22-18-15-19-23-47)57-39-37-55(43-59(57)62(58)46-20-16-14-17-21-46)68(52-31-24-48(25-32-52)64(2,3)4)53-33-26-49(27-34-53)65(5,6)7/h14-44H,1-13H3. The maximum Gasteiger partial charge on any atom is 0.0490 e. The van der Waals surface area contributed by atoms with Gasteiger partial charge in [0.25, 0.3) is 0 Å². The minimum absolute atomic E-state index is 0.0373. The fourth-order valence-electron chi connectivity index (χ4n) is 9.89. The van der Waals surface area contributed by atoms with Crippen LogP contribution in [-0.4, -0.2) is 0 Å². The monoisotopic (exact) mass is 903 g/mol. The Balaban J connectivity index is 1.33. The van der Waals surface area contributed by atoms with E-state index in [1.807, 2.05) is 0 Å². The largest absolute Gasteiger partial charge is 0.310 e. The molecule has 0 aliphatic carbocycles. The van der Waals surface area contributed by atoms with Crippen molar-refractivity contribution >= 4 is 55.7 Å². The molecule has 0 radical (unpaired) electrons. The molecule has 0 saturated heterocycles. The molecular weight excluding hydrogens is 833 g/mol. The first-order chi connectivity index (χ1) is 32.7. The molecule has 9 rings (SSSR count). The lowest BCUT2D eigenvalue weighted by atomic mass is 9.85. The van der Waals surface area contributed by atoms with Crippen LogP contribution in [-0.2, 0) is 21.7 Å². The number of nitrogens with zero attached hydrogens (tertiary/aromatic N) is 2. The van der Waals surface area contributed by atoms with E-state index in [2.05, 4.69) is 288 Å². The van der Waals surface area contributed by atoms with Gasteiger partial charge in [-0.1, -0.05) is 204 Å². The van der Waals surface area contributed by atoms with Crippen molar-refractivity contribution in [1.82, 2.24) is 0 Å². The Morgan fingerprint density at radius 1 is 0.275 bits per heavy atom. The smallest absolute Gasteiger partial charge is 0.0490 e. The number of aryl methyl sites for hydroxylation is 1. The Morgan fingerprint density at radius 3 is 0.942 bits per heavy atom. The average Bonchev–Trinajstić information content (AvgIpc) is 3.31. The molecule has 0 aromatic heterocycles. The number of fused-ring (bicyclic) bond motifs is 2. The SMILES string of the molecule is Cc1cc(C(C)(C)C)ccc1N(c1ccc(C(C)(C)C)cc1)c1ccc2c(-c3ccccc3)c3cc(N(c4ccc(C(C)(C)C)cc4)c4ccc(C(C)(C)C)cc4)ccc3c(-c3ccccc3)c2c1. The maximum atomic E-state index is 2.46. The molecule has 2 nitrogen and oxygen atoms in total. The van der Waals surface area contributed by atoms with E-state index in [9.17, 15) is 0 Å². The Kier molecular flexibility index (Phi) is 12.2. The summed E-state index contributed by atoms with van der Waals surface area (Å²) < 4.78 is 0. The molecule has 0 amide bonds. The van der Waals surface area contributed by atoms with Crippen molar-refractivity contribution < 1.29 is 0 Å². The molecule has 0 unspecified atom stereocenters. The molecule has 0 spiro atoms. The van der Waals surface area contributed by atoms with Crippen molar-refractivity contribution in [3.63, 3.8) is 0 Å². The minimum Gasteiger partial charge on any atom is -0.310 e. The van der Waals surface area contributed by atoms with Crippen LogP contribution in [0.1, 0.15) is 111 Å². The predicted molar refractivity (Wildman–Crippen MR) is 301 cm³/mol. The molecule has 0 bridgehead atoms. The minimum atomic E-state index is 0.0373. The maximum absolute atomic E-state index is 2.46. The molecule has 2 heteroatoms. The molecule has 9 aromatic carbocycles. The lowest BCUT2D eigenvalue weighted by molar-refractivity contribution is 0.589. The van der Waals surface area contributed by atoms with E-state index in [0.717, 1.165) is 28.4 Å². The van der Waals surface area contributed by atoms with Crippen LogP contribution in [0.5, 0.6) is 0 Å². The molecule has 9 aromatic rings. The summed E-state index contributed by atoms with van der Waals surface area (Å²) in [4.78, 5) is 4.89. The summed E-state index contributed by atoms with van der Waals surface area (Å²) in [6.45, 7) is 29.7. The van der Waals surface area contributed by atoms with Gasteiger partial charge in [0, 0.05) is 34.1 Å². The van der Waals surface area contributed by atoms with Crippen molar-refractivity contribution in [2.45, 2.75) is 112 Å². The Hall–Kier alpha value is -6.90. The molecule has 0 fully saturated rings. The van der Waals surface area contributed by atoms with Gasteiger partial charge >= 0.3 is 0 Å². The Labute approximate surface area is 413 Å². The van der Waals surface area contributed by atoms with Gasteiger partial charge in [-0.3, -0.25) is 0 Å². The van der Waals surface area contributed by atoms with Crippen LogP contribution >= 0.6 is 0 Å². The molecule has 0 heterocycles. The molecule has 0 aliphatic heterocycles. The van der Waals surface area contributed by atoms with Gasteiger partial charge in [-0.2, -0.15) is 0 Å². The molecule has 0 N–H and O–H groups in total. The van der Waals surface area contributed by atoms with Crippen molar-refractivity contribution in [1.29, 1.82) is 0 Å². The molecule has 348 valence electrons. The van der Waals surface area contributed by atoms with E-state index >= 15 is 0 Å². The van der Waals surface area contributed by atoms with E-state index in [4.69, 9.17) is 0 Å². The third-order valence-corrected chi connectivity index (χ3v) is 14.0. The van der Waals surface area contributed by atoms with Gasteiger partial charge in [0.1, 0.15) is 0 Å². The molecule has 0 saturated carbocycles. The highest BCUT2D eigenvalue weighted by atomic mass is 15.1. The second-order valence-corrected chi connectivity index (χ2v) is 23.3. The number of anilines is 6. The van der Waals surface area contributed by atoms with E-state index in [0.29, 0.717) is 0 Å².